The van der Waals surface area contributed by atoms with Gasteiger partial charge < -0.3 is 4.74 Å². The van der Waals surface area contributed by atoms with E-state index >= 15 is 0 Å². The van der Waals surface area contributed by atoms with Gasteiger partial charge in [-0.2, -0.15) is 5.26 Å². The molecule has 0 aromatic heterocycles. The Kier molecular flexibility index (Phi) is 5.03. The number of nitriles is 1. The highest BCUT2D eigenvalue weighted by atomic mass is 16.5. The minimum Gasteiger partial charge on any atom is -0.464 e. The van der Waals surface area contributed by atoms with Crippen LogP contribution in [-0.4, -0.2) is 18.6 Å². The lowest BCUT2D eigenvalue weighted by atomic mass is 10.2. The van der Waals surface area contributed by atoms with Crippen LogP contribution in [0.5, 0.6) is 0 Å². The van der Waals surface area contributed by atoms with Crippen LogP contribution in [0.25, 0.3) is 0 Å². The maximum absolute atomic E-state index is 11.3. The molecule has 1 unspecified atom stereocenters. The van der Waals surface area contributed by atoms with Gasteiger partial charge in [-0.1, -0.05) is 30.3 Å². The third-order valence-corrected chi connectivity index (χ3v) is 2.00. The zero-order valence-electron chi connectivity index (χ0n) is 9.14. The van der Waals surface area contributed by atoms with Gasteiger partial charge in [0.2, 0.25) is 0 Å². The van der Waals surface area contributed by atoms with Crippen molar-refractivity contribution in [1.82, 2.24) is 5.32 Å². The van der Waals surface area contributed by atoms with Gasteiger partial charge in [0.1, 0.15) is 0 Å². The van der Waals surface area contributed by atoms with E-state index in [0.717, 1.165) is 5.56 Å². The average Bonchev–Trinajstić information content (AvgIpc) is 2.31. The molecule has 0 aliphatic heterocycles. The first-order valence-corrected chi connectivity index (χ1v) is 5.11. The third-order valence-electron chi connectivity index (χ3n) is 2.00. The van der Waals surface area contributed by atoms with Crippen molar-refractivity contribution in [2.45, 2.75) is 19.5 Å². The van der Waals surface area contributed by atoms with E-state index in [4.69, 9.17) is 10.00 Å². The summed E-state index contributed by atoms with van der Waals surface area (Å²) in [5, 5.41) is 11.6. The van der Waals surface area contributed by atoms with E-state index in [1.165, 1.54) is 0 Å². The second-order valence-corrected chi connectivity index (χ2v) is 3.18. The predicted octanol–water partition coefficient (Wildman–Crippen LogP) is 1.23. The topological polar surface area (TPSA) is 62.1 Å². The summed E-state index contributed by atoms with van der Waals surface area (Å²) in [6.07, 6.45) is 0. The molecule has 1 aromatic carbocycles. The summed E-state index contributed by atoms with van der Waals surface area (Å²) in [4.78, 5) is 11.3. The van der Waals surface area contributed by atoms with Crippen molar-refractivity contribution in [1.29, 1.82) is 5.26 Å². The maximum atomic E-state index is 11.3. The van der Waals surface area contributed by atoms with Gasteiger partial charge in [0.15, 0.2) is 6.04 Å². The lowest BCUT2D eigenvalue weighted by Gasteiger charge is -2.10. The number of nitrogens with one attached hydrogen (secondary N) is 1. The first-order chi connectivity index (χ1) is 7.77. The largest absolute Gasteiger partial charge is 0.464 e. The zero-order valence-corrected chi connectivity index (χ0v) is 9.14. The third kappa shape index (κ3) is 3.71. The SMILES string of the molecule is CCOC(=O)C(C#N)NCc1ccccc1. The van der Waals surface area contributed by atoms with Gasteiger partial charge in [0, 0.05) is 6.54 Å². The minimum absolute atomic E-state index is 0.282. The van der Waals surface area contributed by atoms with Gasteiger partial charge in [-0.3, -0.25) is 5.32 Å². The number of hydrogen-bond donors (Lipinski definition) is 1. The van der Waals surface area contributed by atoms with Crippen LogP contribution in [0, 0.1) is 11.3 Å². The van der Waals surface area contributed by atoms with Gasteiger partial charge in [0.25, 0.3) is 0 Å². The van der Waals surface area contributed by atoms with Gasteiger partial charge >= 0.3 is 5.97 Å². The van der Waals surface area contributed by atoms with Gasteiger partial charge in [0.05, 0.1) is 12.7 Å². The molecule has 0 saturated carbocycles. The molecule has 0 bridgehead atoms. The number of carbonyl (C=O) groups excluding carboxylic acids is 1. The molecule has 84 valence electrons. The molecule has 0 saturated heterocycles. The Balaban J connectivity index is 2.47. The molecule has 0 radical (unpaired) electrons. The molecule has 1 atom stereocenters. The van der Waals surface area contributed by atoms with E-state index in [1.54, 1.807) is 6.92 Å². The lowest BCUT2D eigenvalue weighted by Crippen LogP contribution is -2.36. The Hall–Kier alpha value is -1.86. The number of carbonyl (C=O) groups is 1. The molecule has 0 heterocycles. The molecule has 16 heavy (non-hydrogen) atoms. The second kappa shape index (κ2) is 6.59. The maximum Gasteiger partial charge on any atom is 0.337 e. The van der Waals surface area contributed by atoms with Gasteiger partial charge in [-0.15, -0.1) is 0 Å². The van der Waals surface area contributed by atoms with Crippen LogP contribution < -0.4 is 5.32 Å². The first-order valence-electron chi connectivity index (χ1n) is 5.11. The van der Waals surface area contributed by atoms with Crippen LogP contribution in [0.2, 0.25) is 0 Å². The molecule has 0 fully saturated rings. The fraction of sp³-hybridized carbons (Fsp3) is 0.333. The van der Waals surface area contributed by atoms with Crippen molar-refractivity contribution in [2.24, 2.45) is 0 Å². The highest BCUT2D eigenvalue weighted by molar-refractivity contribution is 5.78. The van der Waals surface area contributed by atoms with E-state index in [-0.39, 0.29) is 6.61 Å². The highest BCUT2D eigenvalue weighted by Crippen LogP contribution is 1.98. The smallest absolute Gasteiger partial charge is 0.337 e. The van der Waals surface area contributed by atoms with Crippen LogP contribution in [0.15, 0.2) is 30.3 Å². The number of rotatable bonds is 5. The Morgan fingerprint density at radius 1 is 1.50 bits per heavy atom. The average molecular weight is 218 g/mol. The molecule has 1 N–H and O–H groups in total. The molecular weight excluding hydrogens is 204 g/mol. The van der Waals surface area contributed by atoms with E-state index < -0.39 is 12.0 Å². The highest BCUT2D eigenvalue weighted by Gasteiger charge is 2.17. The normalized spacial score (nSPS) is 11.5. The van der Waals surface area contributed by atoms with Crippen molar-refractivity contribution in [3.63, 3.8) is 0 Å². The minimum atomic E-state index is -0.903. The van der Waals surface area contributed by atoms with Crippen molar-refractivity contribution < 1.29 is 9.53 Å². The Labute approximate surface area is 94.8 Å². The molecule has 0 aliphatic rings. The van der Waals surface area contributed by atoms with Crippen molar-refractivity contribution in [3.8, 4) is 6.07 Å². The van der Waals surface area contributed by atoms with E-state index in [0.29, 0.717) is 6.54 Å². The van der Waals surface area contributed by atoms with Gasteiger partial charge in [-0.25, -0.2) is 4.79 Å². The van der Waals surface area contributed by atoms with Gasteiger partial charge in [-0.05, 0) is 12.5 Å². The number of ether oxygens (including phenoxy) is 1. The zero-order chi connectivity index (χ0) is 11.8. The van der Waals surface area contributed by atoms with Crippen LogP contribution in [0.3, 0.4) is 0 Å². The van der Waals surface area contributed by atoms with Crippen molar-refractivity contribution >= 4 is 5.97 Å². The summed E-state index contributed by atoms with van der Waals surface area (Å²) in [6.45, 7) is 2.46. The van der Waals surface area contributed by atoms with E-state index in [1.807, 2.05) is 36.4 Å². The summed E-state index contributed by atoms with van der Waals surface area (Å²) in [5.74, 6) is -0.527. The summed E-state index contributed by atoms with van der Waals surface area (Å²) in [7, 11) is 0. The number of benzene rings is 1. The molecule has 4 heteroatoms. The fourth-order valence-electron chi connectivity index (χ4n) is 1.22. The Bertz CT molecular complexity index is 370. The summed E-state index contributed by atoms with van der Waals surface area (Å²) in [6, 6.07) is 10.5. The molecule has 4 nitrogen and oxygen atoms in total. The number of hydrogen-bond acceptors (Lipinski definition) is 4. The molecular formula is C12H14N2O2. The Morgan fingerprint density at radius 3 is 2.75 bits per heavy atom. The lowest BCUT2D eigenvalue weighted by molar-refractivity contribution is -0.144. The van der Waals surface area contributed by atoms with Crippen LogP contribution >= 0.6 is 0 Å². The summed E-state index contributed by atoms with van der Waals surface area (Å²) < 4.78 is 4.76. The Morgan fingerprint density at radius 2 is 2.19 bits per heavy atom. The van der Waals surface area contributed by atoms with E-state index in [2.05, 4.69) is 5.32 Å². The van der Waals surface area contributed by atoms with Crippen LogP contribution in [0.1, 0.15) is 12.5 Å². The monoisotopic (exact) mass is 218 g/mol. The number of nitrogens with zero attached hydrogens (tertiary/aromatic N) is 1. The predicted molar refractivity (Wildman–Crippen MR) is 59.3 cm³/mol. The number of esters is 1. The second-order valence-electron chi connectivity index (χ2n) is 3.18. The summed E-state index contributed by atoms with van der Waals surface area (Å²) >= 11 is 0. The quantitative estimate of drug-likeness (QED) is 0.755. The van der Waals surface area contributed by atoms with E-state index in [9.17, 15) is 4.79 Å². The van der Waals surface area contributed by atoms with Crippen molar-refractivity contribution in [3.05, 3.63) is 35.9 Å². The first kappa shape index (κ1) is 12.2. The standard InChI is InChI=1S/C12H14N2O2/c1-2-16-12(15)11(8-13)14-9-10-6-4-3-5-7-10/h3-7,11,14H,2,9H2,1H3. The van der Waals surface area contributed by atoms with Crippen LogP contribution in [0.4, 0.5) is 0 Å². The fourth-order valence-corrected chi connectivity index (χ4v) is 1.22. The molecule has 1 aromatic rings. The van der Waals surface area contributed by atoms with Crippen LogP contribution in [-0.2, 0) is 16.1 Å². The molecule has 1 rings (SSSR count). The molecule has 0 amide bonds. The van der Waals surface area contributed by atoms with Crippen molar-refractivity contribution in [2.75, 3.05) is 6.61 Å². The molecule has 0 aliphatic carbocycles. The molecule has 0 spiro atoms. The summed E-state index contributed by atoms with van der Waals surface area (Å²) in [5.41, 5.74) is 1.02.